The summed E-state index contributed by atoms with van der Waals surface area (Å²) in [6, 6.07) is -0.746. The predicted molar refractivity (Wildman–Crippen MR) is 85.4 cm³/mol. The first-order chi connectivity index (χ1) is 10.2. The Hall–Kier alpha value is -1.78. The van der Waals surface area contributed by atoms with E-state index in [0.29, 0.717) is 12.8 Å². The Morgan fingerprint density at radius 3 is 2.27 bits per heavy atom. The molecule has 0 N–H and O–H groups in total. The zero-order valence-electron chi connectivity index (χ0n) is 14.0. The van der Waals surface area contributed by atoms with Crippen LogP contribution in [0.4, 0.5) is 4.79 Å². The van der Waals surface area contributed by atoms with Gasteiger partial charge in [-0.1, -0.05) is 12.2 Å². The molecule has 22 heavy (non-hydrogen) atoms. The molecule has 1 amide bonds. The highest BCUT2D eigenvalue weighted by Crippen LogP contribution is 2.36. The standard InChI is InChI=1S/C17H27NO4/c1-7-9-12-11-14(15(19)21-6)18(13(12)10-8-2)16(20)22-17(3,4)5/h7-8,12-14H,1-2,9-11H2,3-6H3/t12-,13-,14-/m0/s1. The lowest BCUT2D eigenvalue weighted by molar-refractivity contribution is -0.146. The normalized spacial score (nSPS) is 24.7. The van der Waals surface area contributed by atoms with Crippen molar-refractivity contribution < 1.29 is 19.1 Å². The van der Waals surface area contributed by atoms with Crippen LogP contribution in [0.2, 0.25) is 0 Å². The van der Waals surface area contributed by atoms with Gasteiger partial charge in [-0.2, -0.15) is 0 Å². The molecule has 1 saturated heterocycles. The number of methoxy groups -OCH3 is 1. The Bertz CT molecular complexity index is 438. The van der Waals surface area contributed by atoms with Crippen LogP contribution >= 0.6 is 0 Å². The van der Waals surface area contributed by atoms with E-state index in [1.807, 2.05) is 6.08 Å². The maximum Gasteiger partial charge on any atom is 0.411 e. The zero-order chi connectivity index (χ0) is 16.9. The molecule has 3 atom stereocenters. The van der Waals surface area contributed by atoms with Gasteiger partial charge in [-0.3, -0.25) is 4.90 Å². The summed E-state index contributed by atoms with van der Waals surface area (Å²) in [5.41, 5.74) is -0.618. The van der Waals surface area contributed by atoms with Crippen molar-refractivity contribution in [2.24, 2.45) is 5.92 Å². The number of rotatable bonds is 5. The van der Waals surface area contributed by atoms with Gasteiger partial charge in [0.1, 0.15) is 11.6 Å². The van der Waals surface area contributed by atoms with Gasteiger partial charge in [0.05, 0.1) is 7.11 Å². The van der Waals surface area contributed by atoms with Crippen LogP contribution in [-0.2, 0) is 14.3 Å². The molecule has 1 rings (SSSR count). The second kappa shape index (κ2) is 7.47. The van der Waals surface area contributed by atoms with E-state index in [1.54, 1.807) is 26.8 Å². The Morgan fingerprint density at radius 2 is 1.82 bits per heavy atom. The lowest BCUT2D eigenvalue weighted by Crippen LogP contribution is -2.48. The fraction of sp³-hybridized carbons (Fsp3) is 0.647. The first kappa shape index (κ1) is 18.3. The minimum absolute atomic E-state index is 0.130. The van der Waals surface area contributed by atoms with Crippen LogP contribution in [0.5, 0.6) is 0 Å². The Labute approximate surface area is 133 Å². The summed E-state index contributed by atoms with van der Waals surface area (Å²) in [6.07, 6.45) is 4.97. The predicted octanol–water partition coefficient (Wildman–Crippen LogP) is 3.31. The highest BCUT2D eigenvalue weighted by atomic mass is 16.6. The highest BCUT2D eigenvalue weighted by molar-refractivity contribution is 5.82. The van der Waals surface area contributed by atoms with Crippen molar-refractivity contribution in [3.63, 3.8) is 0 Å². The number of esters is 1. The Morgan fingerprint density at radius 1 is 1.23 bits per heavy atom. The molecule has 124 valence electrons. The molecule has 1 fully saturated rings. The maximum atomic E-state index is 12.6. The number of carbonyl (C=O) groups excluding carboxylic acids is 2. The molecule has 1 aliphatic rings. The molecule has 0 aromatic heterocycles. The molecule has 0 aromatic rings. The number of likely N-dealkylation sites (tertiary alicyclic amines) is 1. The van der Waals surface area contributed by atoms with Crippen LogP contribution in [-0.4, -0.2) is 41.8 Å². The van der Waals surface area contributed by atoms with Crippen molar-refractivity contribution >= 4 is 12.1 Å². The summed E-state index contributed by atoms with van der Waals surface area (Å²) in [4.78, 5) is 26.2. The molecule has 0 bridgehead atoms. The van der Waals surface area contributed by atoms with E-state index in [0.717, 1.165) is 6.42 Å². The highest BCUT2D eigenvalue weighted by Gasteiger charge is 2.47. The summed E-state index contributed by atoms with van der Waals surface area (Å²) < 4.78 is 10.3. The molecule has 0 spiro atoms. The second-order valence-electron chi connectivity index (χ2n) is 6.54. The van der Waals surface area contributed by atoms with Gasteiger partial charge in [0.2, 0.25) is 0 Å². The van der Waals surface area contributed by atoms with E-state index < -0.39 is 23.7 Å². The van der Waals surface area contributed by atoms with Gasteiger partial charge in [-0.25, -0.2) is 9.59 Å². The van der Waals surface area contributed by atoms with E-state index in [9.17, 15) is 9.59 Å². The van der Waals surface area contributed by atoms with Crippen molar-refractivity contribution in [2.75, 3.05) is 7.11 Å². The maximum absolute atomic E-state index is 12.6. The first-order valence-electron chi connectivity index (χ1n) is 7.56. The van der Waals surface area contributed by atoms with Gasteiger partial charge in [-0.05, 0) is 46.0 Å². The van der Waals surface area contributed by atoms with Gasteiger partial charge in [0.15, 0.2) is 0 Å². The number of ether oxygens (including phenoxy) is 2. The Balaban J connectivity index is 3.10. The third-order valence-electron chi connectivity index (χ3n) is 3.72. The molecule has 0 aliphatic carbocycles. The van der Waals surface area contributed by atoms with Gasteiger partial charge in [0, 0.05) is 6.04 Å². The number of hydrogen-bond donors (Lipinski definition) is 0. The van der Waals surface area contributed by atoms with Gasteiger partial charge in [-0.15, -0.1) is 13.2 Å². The van der Waals surface area contributed by atoms with Gasteiger partial charge in [0.25, 0.3) is 0 Å². The lowest BCUT2D eigenvalue weighted by Gasteiger charge is -2.32. The summed E-state index contributed by atoms with van der Waals surface area (Å²) in [6.45, 7) is 12.9. The quantitative estimate of drug-likeness (QED) is 0.577. The molecular weight excluding hydrogens is 282 g/mol. The molecule has 5 heteroatoms. The average Bonchev–Trinajstić information content (AvgIpc) is 2.76. The van der Waals surface area contributed by atoms with E-state index in [4.69, 9.17) is 9.47 Å². The summed E-state index contributed by atoms with van der Waals surface area (Å²) in [7, 11) is 1.33. The van der Waals surface area contributed by atoms with E-state index in [2.05, 4.69) is 13.2 Å². The Kier molecular flexibility index (Phi) is 6.21. The van der Waals surface area contributed by atoms with Crippen LogP contribution in [0, 0.1) is 5.92 Å². The monoisotopic (exact) mass is 309 g/mol. The molecular formula is C17H27NO4. The second-order valence-corrected chi connectivity index (χ2v) is 6.54. The van der Waals surface area contributed by atoms with Gasteiger partial charge >= 0.3 is 12.1 Å². The zero-order valence-corrected chi connectivity index (χ0v) is 14.0. The van der Waals surface area contributed by atoms with Crippen molar-refractivity contribution in [1.82, 2.24) is 4.90 Å². The number of allylic oxidation sites excluding steroid dienone is 1. The average molecular weight is 309 g/mol. The molecule has 0 unspecified atom stereocenters. The molecule has 1 heterocycles. The van der Waals surface area contributed by atoms with E-state index in [1.165, 1.54) is 12.0 Å². The third-order valence-corrected chi connectivity index (χ3v) is 3.72. The van der Waals surface area contributed by atoms with Crippen LogP contribution in [0.15, 0.2) is 25.3 Å². The number of nitrogens with zero attached hydrogens (tertiary/aromatic N) is 1. The SMILES string of the molecule is C=CC[C@H]1C[C@@H](C(=O)OC)N(C(=O)OC(C)(C)C)[C@H]1CC=C. The fourth-order valence-electron chi connectivity index (χ4n) is 2.88. The number of hydrogen-bond acceptors (Lipinski definition) is 4. The molecule has 0 radical (unpaired) electrons. The topological polar surface area (TPSA) is 55.8 Å². The number of amides is 1. The molecule has 0 saturated carbocycles. The van der Waals surface area contributed by atoms with Crippen LogP contribution in [0.1, 0.15) is 40.0 Å². The largest absolute Gasteiger partial charge is 0.467 e. The van der Waals surface area contributed by atoms with Crippen molar-refractivity contribution in [1.29, 1.82) is 0 Å². The van der Waals surface area contributed by atoms with Crippen LogP contribution in [0.25, 0.3) is 0 Å². The van der Waals surface area contributed by atoms with Crippen molar-refractivity contribution in [2.45, 2.75) is 57.7 Å². The van der Waals surface area contributed by atoms with Crippen molar-refractivity contribution in [3.8, 4) is 0 Å². The lowest BCUT2D eigenvalue weighted by atomic mass is 9.93. The summed E-state index contributed by atoms with van der Waals surface area (Å²) >= 11 is 0. The summed E-state index contributed by atoms with van der Waals surface area (Å²) in [5, 5.41) is 0. The van der Waals surface area contributed by atoms with Crippen LogP contribution in [0.3, 0.4) is 0 Å². The van der Waals surface area contributed by atoms with Crippen molar-refractivity contribution in [3.05, 3.63) is 25.3 Å². The first-order valence-corrected chi connectivity index (χ1v) is 7.56. The minimum Gasteiger partial charge on any atom is -0.467 e. The van der Waals surface area contributed by atoms with Gasteiger partial charge < -0.3 is 9.47 Å². The third kappa shape index (κ3) is 4.36. The molecule has 0 aromatic carbocycles. The number of carbonyl (C=O) groups is 2. The summed E-state index contributed by atoms with van der Waals surface area (Å²) in [5.74, 6) is -0.265. The van der Waals surface area contributed by atoms with Crippen LogP contribution < -0.4 is 0 Å². The molecule has 1 aliphatic heterocycles. The minimum atomic E-state index is -0.618. The fourth-order valence-corrected chi connectivity index (χ4v) is 2.88. The molecule has 5 nitrogen and oxygen atoms in total. The van der Waals surface area contributed by atoms with E-state index in [-0.39, 0.29) is 12.0 Å². The smallest absolute Gasteiger partial charge is 0.411 e. The van der Waals surface area contributed by atoms with E-state index >= 15 is 0 Å².